The van der Waals surface area contributed by atoms with E-state index < -0.39 is 4.33 Å². The average Bonchev–Trinajstić information content (AvgIpc) is 3.26. The first-order chi connectivity index (χ1) is 13.3. The summed E-state index contributed by atoms with van der Waals surface area (Å²) in [6.07, 6.45) is 0.825. The highest BCUT2D eigenvalue weighted by Gasteiger charge is 2.51. The lowest BCUT2D eigenvalue weighted by atomic mass is 10.1. The van der Waals surface area contributed by atoms with Crippen LogP contribution in [0.3, 0.4) is 0 Å². The van der Waals surface area contributed by atoms with Crippen molar-refractivity contribution in [3.63, 3.8) is 0 Å². The van der Waals surface area contributed by atoms with Crippen LogP contribution >= 0.6 is 35.0 Å². The Bertz CT molecular complexity index is 829. The van der Waals surface area contributed by atoms with Gasteiger partial charge in [0.15, 0.2) is 0 Å². The van der Waals surface area contributed by atoms with Gasteiger partial charge in [-0.3, -0.25) is 0 Å². The predicted molar refractivity (Wildman–Crippen MR) is 119 cm³/mol. The normalized spacial score (nSPS) is 17.4. The molecule has 1 aliphatic carbocycles. The molecular formula is C21H25Cl2N3OS. The first-order valence-corrected chi connectivity index (χ1v) is 11.0. The largest absolute Gasteiger partial charge is 0.334 e. The van der Waals surface area contributed by atoms with Crippen LogP contribution in [0.25, 0.3) is 0 Å². The standard InChI is InChI=1S/C21H25Cl2N3OS/c1-26(2)13-16-8-4-3-7-15(16)12-24-20(27)25-18-9-5-6-10-19(18)28-14-17-11-21(17,22)23/h3-10,17H,11-14H2,1-2H3,(H2,24,25,27). The van der Waals surface area contributed by atoms with Crippen LogP contribution in [0.4, 0.5) is 10.5 Å². The number of urea groups is 1. The molecule has 1 fully saturated rings. The van der Waals surface area contributed by atoms with Crippen molar-refractivity contribution >= 4 is 46.7 Å². The Morgan fingerprint density at radius 2 is 1.79 bits per heavy atom. The SMILES string of the molecule is CN(C)Cc1ccccc1CNC(=O)Nc1ccccc1SCC1CC1(Cl)Cl. The van der Waals surface area contributed by atoms with Gasteiger partial charge >= 0.3 is 6.03 Å². The van der Waals surface area contributed by atoms with E-state index in [0.29, 0.717) is 12.5 Å². The van der Waals surface area contributed by atoms with Crippen LogP contribution in [0.5, 0.6) is 0 Å². The number of rotatable bonds is 8. The van der Waals surface area contributed by atoms with Gasteiger partial charge in [-0.05, 0) is 43.8 Å². The number of para-hydroxylation sites is 1. The van der Waals surface area contributed by atoms with Crippen molar-refractivity contribution < 1.29 is 4.79 Å². The molecular weight excluding hydrogens is 413 g/mol. The molecule has 0 aromatic heterocycles. The van der Waals surface area contributed by atoms with Crippen molar-refractivity contribution in [3.05, 3.63) is 59.7 Å². The van der Waals surface area contributed by atoms with Gasteiger partial charge in [0.25, 0.3) is 0 Å². The number of carbonyl (C=O) groups excluding carboxylic acids is 1. The molecule has 1 atom stereocenters. The summed E-state index contributed by atoms with van der Waals surface area (Å²) in [6.45, 7) is 1.32. The third-order valence-corrected chi connectivity index (χ3v) is 6.74. The van der Waals surface area contributed by atoms with E-state index in [9.17, 15) is 4.79 Å². The van der Waals surface area contributed by atoms with Gasteiger partial charge in [-0.2, -0.15) is 0 Å². The van der Waals surface area contributed by atoms with E-state index >= 15 is 0 Å². The summed E-state index contributed by atoms with van der Waals surface area (Å²) >= 11 is 13.9. The minimum atomic E-state index is -0.577. The molecule has 1 aliphatic rings. The molecule has 2 N–H and O–H groups in total. The van der Waals surface area contributed by atoms with Crippen LogP contribution in [-0.4, -0.2) is 35.1 Å². The Labute approximate surface area is 181 Å². The molecule has 0 saturated heterocycles. The lowest BCUT2D eigenvalue weighted by Gasteiger charge is -2.15. The Kier molecular flexibility index (Phi) is 7.15. The third kappa shape index (κ3) is 6.05. The zero-order valence-corrected chi connectivity index (χ0v) is 18.4. The number of nitrogens with one attached hydrogen (secondary N) is 2. The second-order valence-corrected chi connectivity index (χ2v) is 9.89. The fraction of sp³-hybridized carbons (Fsp3) is 0.381. The maximum absolute atomic E-state index is 12.4. The van der Waals surface area contributed by atoms with E-state index in [1.54, 1.807) is 11.8 Å². The van der Waals surface area contributed by atoms with E-state index in [-0.39, 0.29) is 6.03 Å². The zero-order valence-electron chi connectivity index (χ0n) is 16.0. The van der Waals surface area contributed by atoms with Gasteiger partial charge in [-0.25, -0.2) is 4.79 Å². The van der Waals surface area contributed by atoms with Crippen LogP contribution in [0.15, 0.2) is 53.4 Å². The molecule has 0 spiro atoms. The highest BCUT2D eigenvalue weighted by molar-refractivity contribution is 7.99. The van der Waals surface area contributed by atoms with Gasteiger partial charge in [0.05, 0.1) is 5.69 Å². The van der Waals surface area contributed by atoms with Crippen molar-refractivity contribution in [1.29, 1.82) is 0 Å². The summed E-state index contributed by atoms with van der Waals surface area (Å²) in [5, 5.41) is 5.92. The lowest BCUT2D eigenvalue weighted by Crippen LogP contribution is -2.29. The maximum Gasteiger partial charge on any atom is 0.319 e. The molecule has 28 heavy (non-hydrogen) atoms. The molecule has 1 saturated carbocycles. The number of hydrogen-bond acceptors (Lipinski definition) is 3. The molecule has 1 unspecified atom stereocenters. The van der Waals surface area contributed by atoms with Crippen molar-refractivity contribution in [1.82, 2.24) is 10.2 Å². The Balaban J connectivity index is 1.55. The molecule has 0 heterocycles. The van der Waals surface area contributed by atoms with Gasteiger partial charge in [0.2, 0.25) is 0 Å². The van der Waals surface area contributed by atoms with Crippen LogP contribution in [-0.2, 0) is 13.1 Å². The van der Waals surface area contributed by atoms with E-state index in [2.05, 4.69) is 21.6 Å². The number of benzene rings is 2. The zero-order chi connectivity index (χ0) is 20.1. The third-order valence-electron chi connectivity index (χ3n) is 4.58. The Morgan fingerprint density at radius 3 is 2.46 bits per heavy atom. The van der Waals surface area contributed by atoms with Crippen LogP contribution < -0.4 is 10.6 Å². The van der Waals surface area contributed by atoms with Gasteiger partial charge in [0, 0.05) is 29.7 Å². The molecule has 7 heteroatoms. The number of amides is 2. The summed E-state index contributed by atoms with van der Waals surface area (Å²) in [7, 11) is 4.07. The first-order valence-electron chi connectivity index (χ1n) is 9.21. The number of carbonyl (C=O) groups is 1. The van der Waals surface area contributed by atoms with E-state index in [1.165, 1.54) is 5.56 Å². The van der Waals surface area contributed by atoms with Crippen molar-refractivity contribution in [3.8, 4) is 0 Å². The lowest BCUT2D eigenvalue weighted by molar-refractivity contribution is 0.251. The maximum atomic E-state index is 12.4. The second kappa shape index (κ2) is 9.40. The minimum absolute atomic E-state index is 0.219. The molecule has 3 rings (SSSR count). The molecule has 0 aliphatic heterocycles. The van der Waals surface area contributed by atoms with Crippen LogP contribution in [0, 0.1) is 5.92 Å². The van der Waals surface area contributed by atoms with E-state index in [0.717, 1.165) is 34.9 Å². The number of anilines is 1. The van der Waals surface area contributed by atoms with Gasteiger partial charge < -0.3 is 15.5 Å². The highest BCUT2D eigenvalue weighted by Crippen LogP contribution is 2.55. The predicted octanol–water partition coefficient (Wildman–Crippen LogP) is 5.36. The fourth-order valence-corrected chi connectivity index (χ4v) is 4.85. The minimum Gasteiger partial charge on any atom is -0.334 e. The van der Waals surface area contributed by atoms with Crippen LogP contribution in [0.2, 0.25) is 0 Å². The van der Waals surface area contributed by atoms with Crippen LogP contribution in [0.1, 0.15) is 17.5 Å². The summed E-state index contributed by atoms with van der Waals surface area (Å²) in [6, 6.07) is 15.7. The highest BCUT2D eigenvalue weighted by atomic mass is 35.5. The number of halogens is 2. The monoisotopic (exact) mass is 437 g/mol. The molecule has 4 nitrogen and oxygen atoms in total. The number of alkyl halides is 2. The Hall–Kier alpha value is -1.40. The summed E-state index contributed by atoms with van der Waals surface area (Å²) < 4.78 is -0.577. The molecule has 2 aromatic rings. The number of hydrogen-bond donors (Lipinski definition) is 2. The topological polar surface area (TPSA) is 44.4 Å². The molecule has 2 aromatic carbocycles. The summed E-state index contributed by atoms with van der Waals surface area (Å²) in [4.78, 5) is 15.6. The van der Waals surface area contributed by atoms with E-state index in [4.69, 9.17) is 23.2 Å². The van der Waals surface area contributed by atoms with Gasteiger partial charge in [-0.1, -0.05) is 36.4 Å². The fourth-order valence-electron chi connectivity index (χ4n) is 2.90. The second-order valence-electron chi connectivity index (χ2n) is 7.28. The summed E-state index contributed by atoms with van der Waals surface area (Å²) in [5.74, 6) is 1.14. The van der Waals surface area contributed by atoms with Gasteiger partial charge in [0.1, 0.15) is 4.33 Å². The molecule has 0 radical (unpaired) electrons. The number of thioether (sulfide) groups is 1. The summed E-state index contributed by atoms with van der Waals surface area (Å²) in [5.41, 5.74) is 3.11. The molecule has 0 bridgehead atoms. The molecule has 150 valence electrons. The van der Waals surface area contributed by atoms with E-state index in [1.807, 2.05) is 56.6 Å². The van der Waals surface area contributed by atoms with Crippen molar-refractivity contribution in [2.45, 2.75) is 28.7 Å². The smallest absolute Gasteiger partial charge is 0.319 e. The van der Waals surface area contributed by atoms with Crippen molar-refractivity contribution in [2.24, 2.45) is 5.92 Å². The average molecular weight is 438 g/mol. The molecule has 2 amide bonds. The first kappa shape index (κ1) is 21.3. The quantitative estimate of drug-likeness (QED) is 0.431. The Morgan fingerprint density at radius 1 is 1.14 bits per heavy atom. The number of nitrogens with zero attached hydrogens (tertiary/aromatic N) is 1. The van der Waals surface area contributed by atoms with Gasteiger partial charge in [-0.15, -0.1) is 35.0 Å². The van der Waals surface area contributed by atoms with Crippen molar-refractivity contribution in [2.75, 3.05) is 25.2 Å².